The standard InChI is InChI=1S/C9H19NO2S/c1-4-6-9-8-12-13(3,11)10(9)7-5-2/h9H,3-8H2,1-2H3. The van der Waals surface area contributed by atoms with Gasteiger partial charge in [-0.25, -0.2) is 8.51 Å². The molecular weight excluding hydrogens is 186 g/mol. The molecule has 0 radical (unpaired) electrons. The molecule has 1 fully saturated rings. The van der Waals surface area contributed by atoms with Crippen LogP contribution >= 0.6 is 0 Å². The van der Waals surface area contributed by atoms with Gasteiger partial charge < -0.3 is 0 Å². The molecule has 0 aromatic rings. The van der Waals surface area contributed by atoms with Crippen LogP contribution < -0.4 is 0 Å². The Bertz CT molecular complexity index is 248. The molecule has 13 heavy (non-hydrogen) atoms. The molecule has 0 aromatic carbocycles. The van der Waals surface area contributed by atoms with E-state index in [9.17, 15) is 4.21 Å². The van der Waals surface area contributed by atoms with Crippen molar-refractivity contribution in [2.24, 2.45) is 0 Å². The van der Waals surface area contributed by atoms with E-state index in [4.69, 9.17) is 4.18 Å². The average molecular weight is 205 g/mol. The number of rotatable bonds is 4. The van der Waals surface area contributed by atoms with E-state index in [1.165, 1.54) is 0 Å². The molecular formula is C9H19NO2S. The van der Waals surface area contributed by atoms with Crippen LogP contribution in [0.2, 0.25) is 0 Å². The minimum absolute atomic E-state index is 0.315. The summed E-state index contributed by atoms with van der Waals surface area (Å²) in [5, 5.41) is 0. The SMILES string of the molecule is C=S1(=O)OCC(CCC)N1CCC. The maximum absolute atomic E-state index is 11.8. The van der Waals surface area contributed by atoms with E-state index in [1.54, 1.807) is 0 Å². The third-order valence-corrected chi connectivity index (χ3v) is 3.97. The van der Waals surface area contributed by atoms with Crippen LogP contribution in [0.3, 0.4) is 0 Å². The molecule has 0 spiro atoms. The Morgan fingerprint density at radius 3 is 2.77 bits per heavy atom. The van der Waals surface area contributed by atoms with Gasteiger partial charge in [-0.1, -0.05) is 20.3 Å². The van der Waals surface area contributed by atoms with Gasteiger partial charge in [0, 0.05) is 12.6 Å². The molecule has 0 bridgehead atoms. The van der Waals surface area contributed by atoms with Crippen LogP contribution in [0.25, 0.3) is 0 Å². The van der Waals surface area contributed by atoms with Crippen LogP contribution in [0.1, 0.15) is 33.1 Å². The third-order valence-electron chi connectivity index (χ3n) is 2.28. The quantitative estimate of drug-likeness (QED) is 0.650. The molecule has 2 unspecified atom stereocenters. The minimum Gasteiger partial charge on any atom is -0.285 e. The predicted octanol–water partition coefficient (Wildman–Crippen LogP) is 1.44. The van der Waals surface area contributed by atoms with Crippen molar-refractivity contribution >= 4 is 15.9 Å². The molecule has 1 aliphatic rings. The smallest absolute Gasteiger partial charge is 0.143 e. The van der Waals surface area contributed by atoms with Crippen LogP contribution in [0.4, 0.5) is 0 Å². The summed E-state index contributed by atoms with van der Waals surface area (Å²) < 4.78 is 18.9. The van der Waals surface area contributed by atoms with Crippen LogP contribution in [0.5, 0.6) is 0 Å². The van der Waals surface area contributed by atoms with Gasteiger partial charge in [-0.3, -0.25) is 4.18 Å². The van der Waals surface area contributed by atoms with Gasteiger partial charge in [0.25, 0.3) is 0 Å². The van der Waals surface area contributed by atoms with Gasteiger partial charge in [-0.05, 0) is 18.7 Å². The van der Waals surface area contributed by atoms with E-state index in [0.29, 0.717) is 12.6 Å². The second-order valence-corrected chi connectivity index (χ2v) is 5.32. The lowest BCUT2D eigenvalue weighted by Gasteiger charge is -2.21. The van der Waals surface area contributed by atoms with E-state index in [1.807, 2.05) is 4.31 Å². The summed E-state index contributed by atoms with van der Waals surface area (Å²) in [6, 6.07) is 0.315. The van der Waals surface area contributed by atoms with Gasteiger partial charge >= 0.3 is 0 Å². The summed E-state index contributed by atoms with van der Waals surface area (Å²) in [6.45, 7) is 5.62. The zero-order valence-electron chi connectivity index (χ0n) is 8.49. The maximum Gasteiger partial charge on any atom is 0.143 e. The van der Waals surface area contributed by atoms with Crippen molar-refractivity contribution in [2.45, 2.75) is 39.2 Å². The van der Waals surface area contributed by atoms with Gasteiger partial charge in [0.15, 0.2) is 0 Å². The highest BCUT2D eigenvalue weighted by Crippen LogP contribution is 2.22. The first-order valence-electron chi connectivity index (χ1n) is 4.90. The molecule has 2 atom stereocenters. The molecule has 78 valence electrons. The summed E-state index contributed by atoms with van der Waals surface area (Å²) in [6.07, 6.45) is 3.15. The van der Waals surface area contributed by atoms with Crippen LogP contribution in [-0.2, 0) is 14.2 Å². The highest BCUT2D eigenvalue weighted by molar-refractivity contribution is 7.93. The first-order valence-corrected chi connectivity index (χ1v) is 6.51. The van der Waals surface area contributed by atoms with Crippen molar-refractivity contribution in [2.75, 3.05) is 13.2 Å². The van der Waals surface area contributed by atoms with E-state index >= 15 is 0 Å². The number of hydrogen-bond acceptors (Lipinski definition) is 2. The predicted molar refractivity (Wildman–Crippen MR) is 56.9 cm³/mol. The van der Waals surface area contributed by atoms with Crippen LogP contribution in [0, 0.1) is 0 Å². The van der Waals surface area contributed by atoms with Gasteiger partial charge in [0.2, 0.25) is 0 Å². The van der Waals surface area contributed by atoms with Crippen molar-refractivity contribution in [3.8, 4) is 0 Å². The molecule has 0 aromatic heterocycles. The largest absolute Gasteiger partial charge is 0.285 e. The molecule has 1 rings (SSSR count). The van der Waals surface area contributed by atoms with Crippen molar-refractivity contribution in [1.29, 1.82) is 0 Å². The number of hydrogen-bond donors (Lipinski definition) is 0. The lowest BCUT2D eigenvalue weighted by Crippen LogP contribution is -2.34. The van der Waals surface area contributed by atoms with Gasteiger partial charge in [0.05, 0.1) is 6.61 Å². The van der Waals surface area contributed by atoms with Crippen molar-refractivity contribution in [3.63, 3.8) is 0 Å². The van der Waals surface area contributed by atoms with Gasteiger partial charge in [0.1, 0.15) is 9.99 Å². The second kappa shape index (κ2) is 4.44. The zero-order valence-corrected chi connectivity index (χ0v) is 9.31. The summed E-state index contributed by atoms with van der Waals surface area (Å²) in [5.41, 5.74) is 0. The van der Waals surface area contributed by atoms with Crippen molar-refractivity contribution in [3.05, 3.63) is 0 Å². The van der Waals surface area contributed by atoms with Gasteiger partial charge in [-0.15, -0.1) is 0 Å². The molecule has 3 nitrogen and oxygen atoms in total. The normalized spacial score (nSPS) is 35.4. The molecule has 0 saturated carbocycles. The number of nitrogens with zero attached hydrogens (tertiary/aromatic N) is 1. The first-order chi connectivity index (χ1) is 6.11. The molecule has 1 aliphatic heterocycles. The fourth-order valence-corrected chi connectivity index (χ4v) is 3.25. The Balaban J connectivity index is 2.68. The Kier molecular flexibility index (Phi) is 3.76. The molecule has 1 heterocycles. The van der Waals surface area contributed by atoms with E-state index in [-0.39, 0.29) is 0 Å². The van der Waals surface area contributed by atoms with Crippen LogP contribution in [-0.4, -0.2) is 33.6 Å². The zero-order chi connectivity index (χ0) is 9.90. The summed E-state index contributed by atoms with van der Waals surface area (Å²) in [7, 11) is -2.39. The van der Waals surface area contributed by atoms with Crippen molar-refractivity contribution < 1.29 is 8.39 Å². The fraction of sp³-hybridized carbons (Fsp3) is 0.889. The first kappa shape index (κ1) is 11.0. The second-order valence-electron chi connectivity index (χ2n) is 3.45. The van der Waals surface area contributed by atoms with E-state index in [2.05, 4.69) is 19.7 Å². The summed E-state index contributed by atoms with van der Waals surface area (Å²) in [5.74, 6) is 3.63. The fourth-order valence-electron chi connectivity index (χ4n) is 1.67. The van der Waals surface area contributed by atoms with E-state index in [0.717, 1.165) is 25.8 Å². The Morgan fingerprint density at radius 1 is 1.54 bits per heavy atom. The summed E-state index contributed by atoms with van der Waals surface area (Å²) in [4.78, 5) is 0. The highest BCUT2D eigenvalue weighted by Gasteiger charge is 2.32. The minimum atomic E-state index is -2.39. The topological polar surface area (TPSA) is 29.5 Å². The van der Waals surface area contributed by atoms with E-state index < -0.39 is 9.99 Å². The average Bonchev–Trinajstić information content (AvgIpc) is 2.33. The Labute approximate surface area is 81.4 Å². The maximum atomic E-state index is 11.8. The molecule has 0 amide bonds. The third kappa shape index (κ3) is 2.45. The van der Waals surface area contributed by atoms with Gasteiger partial charge in [-0.2, -0.15) is 0 Å². The molecule has 1 saturated heterocycles. The Hall–Kier alpha value is -0.0600. The summed E-state index contributed by atoms with van der Waals surface area (Å²) >= 11 is 0. The molecule has 4 heteroatoms. The molecule has 0 aliphatic carbocycles. The van der Waals surface area contributed by atoms with Crippen LogP contribution in [0.15, 0.2) is 0 Å². The monoisotopic (exact) mass is 205 g/mol. The van der Waals surface area contributed by atoms with Crippen molar-refractivity contribution in [1.82, 2.24) is 4.31 Å². The Morgan fingerprint density at radius 2 is 2.23 bits per heavy atom. The highest BCUT2D eigenvalue weighted by atomic mass is 32.2. The molecule has 0 N–H and O–H groups in total. The lowest BCUT2D eigenvalue weighted by atomic mass is 10.2. The lowest BCUT2D eigenvalue weighted by molar-refractivity contribution is 0.296.